The molecule has 0 unspecified atom stereocenters. The van der Waals surface area contributed by atoms with E-state index in [4.69, 9.17) is 4.74 Å². The van der Waals surface area contributed by atoms with Crippen molar-refractivity contribution >= 4 is 32.7 Å². The van der Waals surface area contributed by atoms with Crippen LogP contribution in [0.4, 0.5) is 0 Å². The Kier molecular flexibility index (Phi) is 3.19. The van der Waals surface area contributed by atoms with E-state index in [0.29, 0.717) is 12.2 Å². The molecule has 0 aliphatic rings. The van der Waals surface area contributed by atoms with Gasteiger partial charge >= 0.3 is 5.97 Å². The highest BCUT2D eigenvalue weighted by Gasteiger charge is 2.09. The van der Waals surface area contributed by atoms with Crippen LogP contribution in [0.25, 0.3) is 10.8 Å². The van der Waals surface area contributed by atoms with E-state index in [-0.39, 0.29) is 5.97 Å². The molecule has 1 aromatic carbocycles. The highest BCUT2D eigenvalue weighted by Crippen LogP contribution is 2.25. The molecule has 0 spiro atoms. The largest absolute Gasteiger partial charge is 0.462 e. The van der Waals surface area contributed by atoms with E-state index in [1.807, 2.05) is 6.07 Å². The second kappa shape index (κ2) is 4.61. The molecule has 0 bridgehead atoms. The van der Waals surface area contributed by atoms with Gasteiger partial charge in [-0.1, -0.05) is 15.9 Å². The summed E-state index contributed by atoms with van der Waals surface area (Å²) in [4.78, 5) is 15.6. The topological polar surface area (TPSA) is 39.2 Å². The molecule has 2 aromatic rings. The van der Waals surface area contributed by atoms with Crippen molar-refractivity contribution in [1.82, 2.24) is 4.98 Å². The molecule has 0 amide bonds. The van der Waals surface area contributed by atoms with Gasteiger partial charge in [0.1, 0.15) is 0 Å². The van der Waals surface area contributed by atoms with Gasteiger partial charge in [-0.05, 0) is 30.5 Å². The third-order valence-electron chi connectivity index (χ3n) is 2.22. The number of carbonyl (C=O) groups is 1. The van der Waals surface area contributed by atoms with Crippen LogP contribution >= 0.6 is 15.9 Å². The molecule has 0 aliphatic carbocycles. The van der Waals surface area contributed by atoms with Crippen LogP contribution in [0.2, 0.25) is 0 Å². The van der Waals surface area contributed by atoms with Gasteiger partial charge in [-0.15, -0.1) is 0 Å². The van der Waals surface area contributed by atoms with E-state index in [9.17, 15) is 4.79 Å². The number of nitrogens with zero attached hydrogens (tertiary/aromatic N) is 1. The van der Waals surface area contributed by atoms with Crippen molar-refractivity contribution in [1.29, 1.82) is 0 Å². The third-order valence-corrected chi connectivity index (χ3v) is 2.87. The molecule has 82 valence electrons. The Morgan fingerprint density at radius 3 is 3.06 bits per heavy atom. The summed E-state index contributed by atoms with van der Waals surface area (Å²) in [5.74, 6) is -0.304. The maximum absolute atomic E-state index is 11.6. The van der Waals surface area contributed by atoms with E-state index in [0.717, 1.165) is 15.2 Å². The van der Waals surface area contributed by atoms with Crippen molar-refractivity contribution in [2.24, 2.45) is 0 Å². The number of carbonyl (C=O) groups excluding carboxylic acids is 1. The number of aromatic nitrogens is 1. The molecule has 3 nitrogen and oxygen atoms in total. The van der Waals surface area contributed by atoms with Crippen LogP contribution in [0.5, 0.6) is 0 Å². The van der Waals surface area contributed by atoms with Crippen molar-refractivity contribution in [2.45, 2.75) is 6.92 Å². The zero-order valence-corrected chi connectivity index (χ0v) is 10.3. The Balaban J connectivity index is 2.53. The summed E-state index contributed by atoms with van der Waals surface area (Å²) in [6.45, 7) is 2.17. The molecule has 0 saturated heterocycles. The smallest absolute Gasteiger partial charge is 0.338 e. The standard InChI is InChI=1S/C12H10BrNO2/c1-2-16-12(15)9-5-8-3-4-14-7-10(8)11(13)6-9/h3-7H,2H2,1H3. The van der Waals surface area contributed by atoms with Crippen LogP contribution in [0.1, 0.15) is 17.3 Å². The fourth-order valence-electron chi connectivity index (χ4n) is 1.49. The fourth-order valence-corrected chi connectivity index (χ4v) is 2.06. The van der Waals surface area contributed by atoms with Gasteiger partial charge in [-0.25, -0.2) is 4.79 Å². The van der Waals surface area contributed by atoms with Crippen LogP contribution in [-0.4, -0.2) is 17.6 Å². The van der Waals surface area contributed by atoms with E-state index in [1.165, 1.54) is 0 Å². The van der Waals surface area contributed by atoms with Gasteiger partial charge in [0.25, 0.3) is 0 Å². The molecule has 2 rings (SSSR count). The zero-order chi connectivity index (χ0) is 11.5. The maximum Gasteiger partial charge on any atom is 0.338 e. The SMILES string of the molecule is CCOC(=O)c1cc(Br)c2cnccc2c1. The summed E-state index contributed by atoms with van der Waals surface area (Å²) in [6, 6.07) is 5.42. The average Bonchev–Trinajstić information content (AvgIpc) is 2.29. The minimum atomic E-state index is -0.304. The number of fused-ring (bicyclic) bond motifs is 1. The van der Waals surface area contributed by atoms with Crippen LogP contribution in [-0.2, 0) is 4.74 Å². The Hall–Kier alpha value is -1.42. The molecule has 0 fully saturated rings. The number of hydrogen-bond donors (Lipinski definition) is 0. The van der Waals surface area contributed by atoms with Gasteiger partial charge in [0, 0.05) is 22.3 Å². The molecular weight excluding hydrogens is 270 g/mol. The van der Waals surface area contributed by atoms with Crippen LogP contribution in [0, 0.1) is 0 Å². The Bertz CT molecular complexity index is 540. The lowest BCUT2D eigenvalue weighted by atomic mass is 10.1. The highest BCUT2D eigenvalue weighted by atomic mass is 79.9. The third kappa shape index (κ3) is 2.07. The summed E-state index contributed by atoms with van der Waals surface area (Å²) in [7, 11) is 0. The molecule has 0 N–H and O–H groups in total. The molecule has 0 radical (unpaired) electrons. The van der Waals surface area contributed by atoms with Gasteiger partial charge in [-0.3, -0.25) is 4.98 Å². The first-order chi connectivity index (χ1) is 7.72. The van der Waals surface area contributed by atoms with Crippen LogP contribution in [0.15, 0.2) is 35.1 Å². The highest BCUT2D eigenvalue weighted by molar-refractivity contribution is 9.10. The lowest BCUT2D eigenvalue weighted by molar-refractivity contribution is 0.0526. The lowest BCUT2D eigenvalue weighted by Crippen LogP contribution is -2.04. The van der Waals surface area contributed by atoms with Crippen molar-refractivity contribution in [3.8, 4) is 0 Å². The Morgan fingerprint density at radius 1 is 1.50 bits per heavy atom. The molecule has 4 heteroatoms. The monoisotopic (exact) mass is 279 g/mol. The fraction of sp³-hybridized carbons (Fsp3) is 0.167. The minimum Gasteiger partial charge on any atom is -0.462 e. The Morgan fingerprint density at radius 2 is 2.31 bits per heavy atom. The summed E-state index contributed by atoms with van der Waals surface area (Å²) in [6.07, 6.45) is 3.46. The van der Waals surface area contributed by atoms with E-state index >= 15 is 0 Å². The van der Waals surface area contributed by atoms with Gasteiger partial charge < -0.3 is 4.74 Å². The first kappa shape index (κ1) is 11.1. The van der Waals surface area contributed by atoms with Gasteiger partial charge in [0.2, 0.25) is 0 Å². The first-order valence-corrected chi connectivity index (χ1v) is 5.72. The number of halogens is 1. The number of esters is 1. The Labute approximate surface area is 102 Å². The second-order valence-electron chi connectivity index (χ2n) is 3.28. The summed E-state index contributed by atoms with van der Waals surface area (Å²) >= 11 is 3.42. The predicted octanol–water partition coefficient (Wildman–Crippen LogP) is 3.17. The van der Waals surface area contributed by atoms with Crippen molar-refractivity contribution < 1.29 is 9.53 Å². The second-order valence-corrected chi connectivity index (χ2v) is 4.13. The zero-order valence-electron chi connectivity index (χ0n) is 8.74. The molecular formula is C12H10BrNO2. The van der Waals surface area contributed by atoms with Crippen molar-refractivity contribution in [3.05, 3.63) is 40.6 Å². The van der Waals surface area contributed by atoms with Gasteiger partial charge in [0.15, 0.2) is 0 Å². The normalized spacial score (nSPS) is 10.4. The number of hydrogen-bond acceptors (Lipinski definition) is 3. The summed E-state index contributed by atoms with van der Waals surface area (Å²) in [5, 5.41) is 1.95. The van der Waals surface area contributed by atoms with E-state index in [2.05, 4.69) is 20.9 Å². The molecule has 1 heterocycles. The van der Waals surface area contributed by atoms with Gasteiger partial charge in [-0.2, -0.15) is 0 Å². The van der Waals surface area contributed by atoms with E-state index in [1.54, 1.807) is 31.5 Å². The predicted molar refractivity (Wildman–Crippen MR) is 65.4 cm³/mol. The van der Waals surface area contributed by atoms with Crippen molar-refractivity contribution in [2.75, 3.05) is 6.61 Å². The number of pyridine rings is 1. The van der Waals surface area contributed by atoms with Crippen LogP contribution in [0.3, 0.4) is 0 Å². The number of benzene rings is 1. The molecule has 1 aromatic heterocycles. The van der Waals surface area contributed by atoms with Crippen LogP contribution < -0.4 is 0 Å². The number of ether oxygens (including phenoxy) is 1. The molecule has 0 aliphatic heterocycles. The summed E-state index contributed by atoms with van der Waals surface area (Å²) in [5.41, 5.74) is 0.549. The van der Waals surface area contributed by atoms with Gasteiger partial charge in [0.05, 0.1) is 12.2 Å². The first-order valence-electron chi connectivity index (χ1n) is 4.92. The minimum absolute atomic E-state index is 0.304. The van der Waals surface area contributed by atoms with Crippen molar-refractivity contribution in [3.63, 3.8) is 0 Å². The maximum atomic E-state index is 11.6. The molecule has 0 atom stereocenters. The quantitative estimate of drug-likeness (QED) is 0.793. The number of rotatable bonds is 2. The van der Waals surface area contributed by atoms with E-state index < -0.39 is 0 Å². The molecule has 16 heavy (non-hydrogen) atoms. The summed E-state index contributed by atoms with van der Waals surface area (Å²) < 4.78 is 5.80. The lowest BCUT2D eigenvalue weighted by Gasteiger charge is -2.05. The molecule has 0 saturated carbocycles. The average molecular weight is 280 g/mol.